The smallest absolute Gasteiger partial charge is 0.257 e. The second-order valence-electron chi connectivity index (χ2n) is 10.9. The Balaban J connectivity index is 0.000000149. The van der Waals surface area contributed by atoms with E-state index in [1.54, 1.807) is 0 Å². The molecule has 36 heavy (non-hydrogen) atoms. The number of benzene rings is 2. The molecule has 3 aliphatic heterocycles. The van der Waals surface area contributed by atoms with E-state index in [0.29, 0.717) is 17.6 Å². The van der Waals surface area contributed by atoms with Crippen LogP contribution in [0.4, 0.5) is 23.2 Å². The Morgan fingerprint density at radius 1 is 1.08 bits per heavy atom. The number of aromatic amines is 1. The molecule has 1 atom stereocenters. The van der Waals surface area contributed by atoms with Crippen molar-refractivity contribution in [3.8, 4) is 0 Å². The molecule has 194 valence electrons. The number of nitrogens with one attached hydrogen (secondary N) is 2. The SMILES string of the molecule is CC1Cc2c([nH]c3ccccc23)CN1CC(C)(F)F.Fc1cc(F)cc(N2CC3(CCCNC3)C2)c1. The maximum absolute atomic E-state index is 13.2. The van der Waals surface area contributed by atoms with Crippen molar-refractivity contribution in [2.45, 2.75) is 51.6 Å². The Morgan fingerprint density at radius 2 is 1.81 bits per heavy atom. The van der Waals surface area contributed by atoms with Crippen LogP contribution in [0.3, 0.4) is 0 Å². The summed E-state index contributed by atoms with van der Waals surface area (Å²) in [4.78, 5) is 7.28. The quantitative estimate of drug-likeness (QED) is 0.450. The lowest BCUT2D eigenvalue weighted by atomic mass is 9.74. The van der Waals surface area contributed by atoms with E-state index >= 15 is 0 Å². The molecule has 2 aromatic carbocycles. The zero-order chi connectivity index (χ0) is 25.5. The Hall–Kier alpha value is -2.58. The molecule has 0 saturated carbocycles. The van der Waals surface area contributed by atoms with Gasteiger partial charge in [-0.05, 0) is 56.5 Å². The molecule has 0 bridgehead atoms. The van der Waals surface area contributed by atoms with Gasteiger partial charge in [-0.1, -0.05) is 18.2 Å². The van der Waals surface area contributed by atoms with Crippen molar-refractivity contribution < 1.29 is 17.6 Å². The molecule has 1 unspecified atom stereocenters. The fourth-order valence-electron chi connectivity index (χ4n) is 5.94. The summed E-state index contributed by atoms with van der Waals surface area (Å²) in [6, 6.07) is 12.0. The van der Waals surface area contributed by atoms with Crippen molar-refractivity contribution in [2.75, 3.05) is 37.6 Å². The van der Waals surface area contributed by atoms with Crippen molar-refractivity contribution in [3.63, 3.8) is 0 Å². The van der Waals surface area contributed by atoms with Gasteiger partial charge in [0.05, 0.1) is 6.54 Å². The van der Waals surface area contributed by atoms with E-state index < -0.39 is 17.6 Å². The van der Waals surface area contributed by atoms with E-state index in [0.717, 1.165) is 56.8 Å². The second-order valence-corrected chi connectivity index (χ2v) is 10.9. The van der Waals surface area contributed by atoms with E-state index in [2.05, 4.69) is 21.3 Å². The third-order valence-corrected chi connectivity index (χ3v) is 7.69. The first-order chi connectivity index (χ1) is 17.1. The Kier molecular flexibility index (Phi) is 6.76. The molecule has 3 aromatic rings. The van der Waals surface area contributed by atoms with Gasteiger partial charge < -0.3 is 15.2 Å². The topological polar surface area (TPSA) is 34.3 Å². The van der Waals surface area contributed by atoms with Gasteiger partial charge in [0.1, 0.15) is 11.6 Å². The lowest BCUT2D eigenvalue weighted by molar-refractivity contribution is -0.0293. The number of hydrogen-bond donors (Lipinski definition) is 2. The van der Waals surface area contributed by atoms with Gasteiger partial charge in [-0.3, -0.25) is 4.90 Å². The van der Waals surface area contributed by atoms with E-state index in [4.69, 9.17) is 0 Å². The van der Waals surface area contributed by atoms with Crippen molar-refractivity contribution in [1.82, 2.24) is 15.2 Å². The standard InChI is InChI=1S/C15H18F2N2.C13H16F2N2/c1-10-7-12-11-5-3-4-6-13(11)18-14(12)8-19(10)9-15(2,16)17;14-10-4-11(15)6-12(5-10)17-8-13(9-17)2-1-3-16-7-13/h3-6,10,18H,7-9H2,1-2H3;4-6,16H,1-3,7-9H2. The molecule has 2 fully saturated rings. The molecule has 4 nitrogen and oxygen atoms in total. The summed E-state index contributed by atoms with van der Waals surface area (Å²) < 4.78 is 52.6. The monoisotopic (exact) mass is 502 g/mol. The minimum atomic E-state index is -2.64. The fourth-order valence-corrected chi connectivity index (χ4v) is 5.94. The number of para-hydroxylation sites is 1. The van der Waals surface area contributed by atoms with Gasteiger partial charge in [0.25, 0.3) is 5.92 Å². The molecular formula is C28H34F4N4. The van der Waals surface area contributed by atoms with Crippen LogP contribution in [0.1, 0.15) is 37.9 Å². The maximum atomic E-state index is 13.2. The number of nitrogens with zero attached hydrogens (tertiary/aromatic N) is 2. The highest BCUT2D eigenvalue weighted by molar-refractivity contribution is 5.84. The molecule has 0 aliphatic carbocycles. The summed E-state index contributed by atoms with van der Waals surface area (Å²) >= 11 is 0. The van der Waals surface area contributed by atoms with Crippen LogP contribution in [0.2, 0.25) is 0 Å². The van der Waals surface area contributed by atoms with Crippen molar-refractivity contribution in [1.29, 1.82) is 0 Å². The molecule has 0 amide bonds. The minimum Gasteiger partial charge on any atom is -0.370 e. The number of alkyl halides is 2. The molecule has 1 spiro atoms. The summed E-state index contributed by atoms with van der Waals surface area (Å²) in [5.41, 5.74) is 4.48. The van der Waals surface area contributed by atoms with Crippen LogP contribution < -0.4 is 10.2 Å². The fraction of sp³-hybridized carbons (Fsp3) is 0.500. The number of H-pyrrole nitrogens is 1. The van der Waals surface area contributed by atoms with Crippen LogP contribution in [-0.2, 0) is 13.0 Å². The van der Waals surface area contributed by atoms with Gasteiger partial charge in [0, 0.05) is 72.9 Å². The first-order valence-corrected chi connectivity index (χ1v) is 12.7. The second kappa shape index (κ2) is 9.71. The predicted molar refractivity (Wildman–Crippen MR) is 136 cm³/mol. The van der Waals surface area contributed by atoms with Crippen LogP contribution >= 0.6 is 0 Å². The van der Waals surface area contributed by atoms with Crippen molar-refractivity contribution in [2.24, 2.45) is 5.41 Å². The Morgan fingerprint density at radius 3 is 2.47 bits per heavy atom. The van der Waals surface area contributed by atoms with E-state index in [9.17, 15) is 17.6 Å². The third kappa shape index (κ3) is 5.39. The summed E-state index contributed by atoms with van der Waals surface area (Å²) in [7, 11) is 0. The van der Waals surface area contributed by atoms with Gasteiger partial charge in [-0.15, -0.1) is 0 Å². The molecule has 1 aromatic heterocycles. The van der Waals surface area contributed by atoms with Gasteiger partial charge >= 0.3 is 0 Å². The first-order valence-electron chi connectivity index (χ1n) is 12.7. The highest BCUT2D eigenvalue weighted by Gasteiger charge is 2.43. The number of halogens is 4. The third-order valence-electron chi connectivity index (χ3n) is 7.69. The first kappa shape index (κ1) is 25.1. The molecular weight excluding hydrogens is 468 g/mol. The number of anilines is 1. The van der Waals surface area contributed by atoms with Crippen LogP contribution in [0.5, 0.6) is 0 Å². The predicted octanol–water partition coefficient (Wildman–Crippen LogP) is 5.72. The van der Waals surface area contributed by atoms with Crippen LogP contribution in [0.15, 0.2) is 42.5 Å². The van der Waals surface area contributed by atoms with Gasteiger partial charge in [-0.2, -0.15) is 0 Å². The summed E-state index contributed by atoms with van der Waals surface area (Å²) in [5.74, 6) is -3.64. The van der Waals surface area contributed by atoms with Crippen LogP contribution in [0, 0.1) is 17.0 Å². The van der Waals surface area contributed by atoms with Gasteiger partial charge in [0.15, 0.2) is 0 Å². The molecule has 8 heteroatoms. The molecule has 4 heterocycles. The number of hydrogen-bond acceptors (Lipinski definition) is 3. The average Bonchev–Trinajstić information content (AvgIpc) is 3.14. The van der Waals surface area contributed by atoms with Crippen LogP contribution in [-0.4, -0.2) is 54.6 Å². The lowest BCUT2D eigenvalue weighted by Gasteiger charge is -2.53. The lowest BCUT2D eigenvalue weighted by Crippen LogP contribution is -2.62. The maximum Gasteiger partial charge on any atom is 0.257 e. The number of aromatic nitrogens is 1. The molecule has 3 aliphatic rings. The van der Waals surface area contributed by atoms with Crippen molar-refractivity contribution in [3.05, 3.63) is 65.4 Å². The minimum absolute atomic E-state index is 0.150. The number of piperidine rings is 1. The number of fused-ring (bicyclic) bond motifs is 3. The van der Waals surface area contributed by atoms with Crippen LogP contribution in [0.25, 0.3) is 10.9 Å². The normalized spacial score (nSPS) is 21.6. The summed E-state index contributed by atoms with van der Waals surface area (Å²) in [5, 5.41) is 4.63. The molecule has 6 rings (SSSR count). The summed E-state index contributed by atoms with van der Waals surface area (Å²) in [6.07, 6.45) is 3.25. The summed E-state index contributed by atoms with van der Waals surface area (Å²) in [6.45, 7) is 7.35. The molecule has 0 radical (unpaired) electrons. The zero-order valence-corrected chi connectivity index (χ0v) is 20.9. The highest BCUT2D eigenvalue weighted by Crippen LogP contribution is 2.39. The largest absolute Gasteiger partial charge is 0.370 e. The number of rotatable bonds is 3. The van der Waals surface area contributed by atoms with Gasteiger partial charge in [-0.25, -0.2) is 17.6 Å². The van der Waals surface area contributed by atoms with E-state index in [-0.39, 0.29) is 12.6 Å². The Labute approximate surface area is 209 Å². The van der Waals surface area contributed by atoms with E-state index in [1.807, 2.05) is 30.0 Å². The van der Waals surface area contributed by atoms with Gasteiger partial charge in [0.2, 0.25) is 0 Å². The average molecular weight is 503 g/mol. The van der Waals surface area contributed by atoms with Crippen molar-refractivity contribution >= 4 is 16.6 Å². The molecule has 2 saturated heterocycles. The Bertz CT molecular complexity index is 1180. The highest BCUT2D eigenvalue weighted by atomic mass is 19.3. The van der Waals surface area contributed by atoms with E-state index in [1.165, 1.54) is 35.9 Å². The molecule has 2 N–H and O–H groups in total. The zero-order valence-electron chi connectivity index (χ0n) is 20.9.